The van der Waals surface area contributed by atoms with Crippen LogP contribution in [-0.4, -0.2) is 48.8 Å². The second kappa shape index (κ2) is 4.56. The lowest BCUT2D eigenvalue weighted by molar-refractivity contribution is -0.231. The van der Waals surface area contributed by atoms with Gasteiger partial charge in [-0.3, -0.25) is 0 Å². The van der Waals surface area contributed by atoms with Crippen molar-refractivity contribution in [3.63, 3.8) is 0 Å². The van der Waals surface area contributed by atoms with Crippen molar-refractivity contribution in [1.82, 2.24) is 0 Å². The molecule has 3 saturated heterocycles. The van der Waals surface area contributed by atoms with Crippen LogP contribution in [-0.2, 0) is 23.7 Å². The standard InChI is InChI=1S/C12H19N3O5/c1-11(2)17-7-6(5-14-15-13)16-10-9(8(7)18-11)19-12(3,4)20-10/h6-10H,5H2,1-4H3/t6-,7+,8+,9-,10-/m1/s1. The van der Waals surface area contributed by atoms with Crippen LogP contribution in [0.15, 0.2) is 5.11 Å². The normalized spacial score (nSPS) is 44.5. The lowest BCUT2D eigenvalue weighted by atomic mass is 9.99. The van der Waals surface area contributed by atoms with Gasteiger partial charge in [-0.15, -0.1) is 0 Å². The van der Waals surface area contributed by atoms with E-state index in [1.54, 1.807) is 0 Å². The lowest BCUT2D eigenvalue weighted by Gasteiger charge is -2.36. The Morgan fingerprint density at radius 1 is 0.950 bits per heavy atom. The fourth-order valence-electron chi connectivity index (χ4n) is 2.96. The third-order valence-electron chi connectivity index (χ3n) is 3.58. The SMILES string of the molecule is CC1(C)O[C@H]2[C@@H](O1)[C@@H](CN=[N+]=[N-])O[C@@H]1OC(C)(C)O[C@@H]12. The van der Waals surface area contributed by atoms with Crippen LogP contribution < -0.4 is 0 Å². The predicted octanol–water partition coefficient (Wildman–Crippen LogP) is 1.69. The fraction of sp³-hybridized carbons (Fsp3) is 1.00. The van der Waals surface area contributed by atoms with Crippen molar-refractivity contribution in [2.75, 3.05) is 6.54 Å². The maximum Gasteiger partial charge on any atom is 0.190 e. The second-order valence-electron chi connectivity index (χ2n) is 6.12. The molecule has 8 nitrogen and oxygen atoms in total. The highest BCUT2D eigenvalue weighted by Gasteiger charge is 2.60. The molecular weight excluding hydrogens is 266 g/mol. The molecule has 0 bridgehead atoms. The summed E-state index contributed by atoms with van der Waals surface area (Å²) in [6.07, 6.45) is -1.93. The average molecular weight is 285 g/mol. The number of rotatable bonds is 2. The van der Waals surface area contributed by atoms with Gasteiger partial charge in [0, 0.05) is 4.91 Å². The molecule has 3 fully saturated rings. The van der Waals surface area contributed by atoms with Crippen molar-refractivity contribution in [2.45, 2.75) is 70.0 Å². The van der Waals surface area contributed by atoms with E-state index in [1.165, 1.54) is 0 Å². The van der Waals surface area contributed by atoms with Crippen LogP contribution in [0.2, 0.25) is 0 Å². The molecule has 3 aliphatic heterocycles. The zero-order chi connectivity index (χ0) is 14.5. The van der Waals surface area contributed by atoms with Crippen LogP contribution in [0.4, 0.5) is 0 Å². The van der Waals surface area contributed by atoms with Crippen LogP contribution in [0.5, 0.6) is 0 Å². The minimum Gasteiger partial charge on any atom is -0.344 e. The molecule has 3 rings (SSSR count). The van der Waals surface area contributed by atoms with Gasteiger partial charge in [0.2, 0.25) is 0 Å². The molecule has 0 N–H and O–H groups in total. The van der Waals surface area contributed by atoms with Gasteiger partial charge in [0.15, 0.2) is 17.9 Å². The predicted molar refractivity (Wildman–Crippen MR) is 66.5 cm³/mol. The highest BCUT2D eigenvalue weighted by atomic mass is 16.9. The van der Waals surface area contributed by atoms with E-state index >= 15 is 0 Å². The molecule has 3 heterocycles. The Bertz CT molecular complexity index is 448. The van der Waals surface area contributed by atoms with E-state index < -0.39 is 24.0 Å². The van der Waals surface area contributed by atoms with Crippen LogP contribution in [0.3, 0.4) is 0 Å². The monoisotopic (exact) mass is 285 g/mol. The van der Waals surface area contributed by atoms with Gasteiger partial charge < -0.3 is 23.7 Å². The maximum absolute atomic E-state index is 8.49. The van der Waals surface area contributed by atoms with E-state index in [2.05, 4.69) is 10.0 Å². The molecule has 0 radical (unpaired) electrons. The van der Waals surface area contributed by atoms with Crippen molar-refractivity contribution in [1.29, 1.82) is 0 Å². The van der Waals surface area contributed by atoms with E-state index in [0.29, 0.717) is 0 Å². The van der Waals surface area contributed by atoms with Gasteiger partial charge in [0.25, 0.3) is 0 Å². The number of hydrogen-bond donors (Lipinski definition) is 0. The molecule has 0 spiro atoms. The third kappa shape index (κ3) is 2.39. The molecule has 0 aromatic rings. The van der Waals surface area contributed by atoms with Crippen molar-refractivity contribution in [3.8, 4) is 0 Å². The molecule has 0 saturated carbocycles. The van der Waals surface area contributed by atoms with Gasteiger partial charge in [-0.2, -0.15) is 0 Å². The number of ether oxygens (including phenoxy) is 5. The minimum absolute atomic E-state index is 0.171. The average Bonchev–Trinajstić information content (AvgIpc) is 2.80. The van der Waals surface area contributed by atoms with Crippen LogP contribution in [0, 0.1) is 0 Å². The number of nitrogens with zero attached hydrogens (tertiary/aromatic N) is 3. The molecule has 5 atom stereocenters. The van der Waals surface area contributed by atoms with Crippen LogP contribution >= 0.6 is 0 Å². The number of fused-ring (bicyclic) bond motifs is 3. The molecule has 0 amide bonds. The molecular formula is C12H19N3O5. The van der Waals surface area contributed by atoms with Crippen LogP contribution in [0.1, 0.15) is 27.7 Å². The summed E-state index contributed by atoms with van der Waals surface area (Å²) in [5.41, 5.74) is 8.49. The minimum atomic E-state index is -0.733. The fourth-order valence-corrected chi connectivity index (χ4v) is 2.96. The van der Waals surface area contributed by atoms with Crippen molar-refractivity contribution >= 4 is 0 Å². The third-order valence-corrected chi connectivity index (χ3v) is 3.58. The summed E-state index contributed by atoms with van der Waals surface area (Å²) in [6, 6.07) is 0. The maximum atomic E-state index is 8.49. The smallest absolute Gasteiger partial charge is 0.190 e. The largest absolute Gasteiger partial charge is 0.344 e. The Hall–Kier alpha value is -0.890. The highest BCUT2D eigenvalue weighted by molar-refractivity contribution is 5.00. The molecule has 0 unspecified atom stereocenters. The first kappa shape index (κ1) is 14.1. The Balaban J connectivity index is 1.85. The molecule has 3 aliphatic rings. The van der Waals surface area contributed by atoms with E-state index in [-0.39, 0.29) is 24.9 Å². The van der Waals surface area contributed by atoms with E-state index in [1.807, 2.05) is 27.7 Å². The first-order valence-corrected chi connectivity index (χ1v) is 6.69. The zero-order valence-electron chi connectivity index (χ0n) is 12.0. The summed E-state index contributed by atoms with van der Waals surface area (Å²) in [6.45, 7) is 7.50. The number of azide groups is 1. The van der Waals surface area contributed by atoms with Gasteiger partial charge in [-0.25, -0.2) is 0 Å². The molecule has 112 valence electrons. The first-order valence-electron chi connectivity index (χ1n) is 6.69. The van der Waals surface area contributed by atoms with E-state index in [9.17, 15) is 0 Å². The van der Waals surface area contributed by atoms with Gasteiger partial charge in [-0.05, 0) is 33.2 Å². The van der Waals surface area contributed by atoms with Crippen molar-refractivity contribution < 1.29 is 23.7 Å². The zero-order valence-corrected chi connectivity index (χ0v) is 12.0. The Kier molecular flexibility index (Phi) is 3.20. The van der Waals surface area contributed by atoms with Gasteiger partial charge >= 0.3 is 0 Å². The molecule has 0 aliphatic carbocycles. The summed E-state index contributed by atoms with van der Waals surface area (Å²) < 4.78 is 29.2. The topological polar surface area (TPSA) is 94.9 Å². The van der Waals surface area contributed by atoms with Gasteiger partial charge in [0.1, 0.15) is 18.3 Å². The summed E-state index contributed by atoms with van der Waals surface area (Å²) in [5.74, 6) is -1.46. The second-order valence-corrected chi connectivity index (χ2v) is 6.12. The molecule has 0 aromatic heterocycles. The summed E-state index contributed by atoms with van der Waals surface area (Å²) >= 11 is 0. The molecule has 20 heavy (non-hydrogen) atoms. The Labute approximate surface area is 116 Å². The lowest BCUT2D eigenvalue weighted by Crippen LogP contribution is -2.55. The van der Waals surface area contributed by atoms with Crippen molar-refractivity contribution in [3.05, 3.63) is 10.4 Å². The Morgan fingerprint density at radius 2 is 1.55 bits per heavy atom. The van der Waals surface area contributed by atoms with Gasteiger partial charge in [-0.1, -0.05) is 5.11 Å². The Morgan fingerprint density at radius 3 is 2.25 bits per heavy atom. The summed E-state index contributed by atoms with van der Waals surface area (Å²) in [4.78, 5) is 2.77. The summed E-state index contributed by atoms with van der Waals surface area (Å²) in [7, 11) is 0. The van der Waals surface area contributed by atoms with E-state index in [0.717, 1.165) is 0 Å². The quantitative estimate of drug-likeness (QED) is 0.437. The van der Waals surface area contributed by atoms with Crippen LogP contribution in [0.25, 0.3) is 10.4 Å². The summed E-state index contributed by atoms with van der Waals surface area (Å²) in [5, 5.41) is 3.58. The van der Waals surface area contributed by atoms with E-state index in [4.69, 9.17) is 29.2 Å². The molecule has 8 heteroatoms. The van der Waals surface area contributed by atoms with Gasteiger partial charge in [0.05, 0.1) is 12.6 Å². The highest BCUT2D eigenvalue weighted by Crippen LogP contribution is 2.44. The van der Waals surface area contributed by atoms with Crippen molar-refractivity contribution in [2.24, 2.45) is 5.11 Å². The molecule has 0 aromatic carbocycles. The number of hydrogen-bond acceptors (Lipinski definition) is 6. The first-order chi connectivity index (χ1) is 9.31.